The molecular weight excluding hydrogens is 284 g/mol. The summed E-state index contributed by atoms with van der Waals surface area (Å²) in [5.74, 6) is 0.133. The lowest BCUT2D eigenvalue weighted by Crippen LogP contribution is -2.45. The third-order valence-corrected chi connectivity index (χ3v) is 4.43. The highest BCUT2D eigenvalue weighted by atomic mass is 16.1. The van der Waals surface area contributed by atoms with Gasteiger partial charge in [-0.1, -0.05) is 48.0 Å². The molecule has 3 nitrogen and oxygen atoms in total. The number of carbonyl (C=O) groups excluding carboxylic acids is 1. The van der Waals surface area contributed by atoms with E-state index in [1.165, 1.54) is 11.3 Å². The van der Waals surface area contributed by atoms with Gasteiger partial charge in [0, 0.05) is 24.8 Å². The van der Waals surface area contributed by atoms with E-state index in [0.29, 0.717) is 12.5 Å². The van der Waals surface area contributed by atoms with Crippen LogP contribution in [0.4, 0.5) is 5.69 Å². The zero-order chi connectivity index (χ0) is 16.1. The van der Waals surface area contributed by atoms with Gasteiger partial charge in [-0.3, -0.25) is 4.79 Å². The van der Waals surface area contributed by atoms with Gasteiger partial charge in [-0.05, 0) is 37.5 Å². The van der Waals surface area contributed by atoms with E-state index in [0.717, 1.165) is 31.5 Å². The molecule has 0 saturated carbocycles. The quantitative estimate of drug-likeness (QED) is 0.939. The fourth-order valence-corrected chi connectivity index (χ4v) is 3.21. The van der Waals surface area contributed by atoms with Gasteiger partial charge in [0.15, 0.2) is 0 Å². The first kappa shape index (κ1) is 15.6. The van der Waals surface area contributed by atoms with Gasteiger partial charge in [-0.2, -0.15) is 0 Å². The molecule has 3 rings (SSSR count). The number of rotatable bonds is 4. The van der Waals surface area contributed by atoms with E-state index in [-0.39, 0.29) is 5.91 Å². The lowest BCUT2D eigenvalue weighted by molar-refractivity contribution is -0.121. The van der Waals surface area contributed by atoms with Crippen molar-refractivity contribution in [3.8, 4) is 0 Å². The normalized spacial score (nSPS) is 15.4. The van der Waals surface area contributed by atoms with Gasteiger partial charge < -0.3 is 10.2 Å². The monoisotopic (exact) mass is 308 g/mol. The van der Waals surface area contributed by atoms with E-state index < -0.39 is 0 Å². The van der Waals surface area contributed by atoms with Crippen LogP contribution in [0, 0.1) is 6.92 Å². The van der Waals surface area contributed by atoms with Gasteiger partial charge in [0.2, 0.25) is 5.91 Å². The SMILES string of the molecule is Cc1cccc(CC(=O)NC2CCN(c3ccccc3)CC2)c1. The number of amides is 1. The Hall–Kier alpha value is -2.29. The summed E-state index contributed by atoms with van der Waals surface area (Å²) in [5.41, 5.74) is 3.56. The maximum Gasteiger partial charge on any atom is 0.224 e. The maximum atomic E-state index is 12.2. The molecule has 1 saturated heterocycles. The lowest BCUT2D eigenvalue weighted by Gasteiger charge is -2.34. The van der Waals surface area contributed by atoms with Crippen LogP contribution in [0.5, 0.6) is 0 Å². The van der Waals surface area contributed by atoms with Gasteiger partial charge in [0.25, 0.3) is 0 Å². The largest absolute Gasteiger partial charge is 0.371 e. The summed E-state index contributed by atoms with van der Waals surface area (Å²) in [7, 11) is 0. The topological polar surface area (TPSA) is 32.3 Å². The number of benzene rings is 2. The summed E-state index contributed by atoms with van der Waals surface area (Å²) in [6, 6.07) is 19.0. The zero-order valence-electron chi connectivity index (χ0n) is 13.7. The van der Waals surface area contributed by atoms with E-state index in [4.69, 9.17) is 0 Å². The molecule has 1 amide bonds. The molecule has 0 radical (unpaired) electrons. The molecule has 0 unspecified atom stereocenters. The predicted molar refractivity (Wildman–Crippen MR) is 94.7 cm³/mol. The number of piperidine rings is 1. The van der Waals surface area contributed by atoms with Crippen molar-refractivity contribution < 1.29 is 4.79 Å². The molecule has 2 aromatic carbocycles. The Labute approximate surface area is 138 Å². The highest BCUT2D eigenvalue weighted by Gasteiger charge is 2.20. The summed E-state index contributed by atoms with van der Waals surface area (Å²) in [4.78, 5) is 14.6. The molecule has 0 aliphatic carbocycles. The van der Waals surface area contributed by atoms with Crippen LogP contribution in [0.2, 0.25) is 0 Å². The van der Waals surface area contributed by atoms with Crippen LogP contribution in [0.3, 0.4) is 0 Å². The standard InChI is InChI=1S/C20H24N2O/c1-16-6-5-7-17(14-16)15-20(23)21-18-10-12-22(13-11-18)19-8-3-2-4-9-19/h2-9,14,18H,10-13,15H2,1H3,(H,21,23). The van der Waals surface area contributed by atoms with E-state index in [2.05, 4.69) is 53.5 Å². The second-order valence-electron chi connectivity index (χ2n) is 6.33. The zero-order valence-corrected chi connectivity index (χ0v) is 13.7. The Bertz CT molecular complexity index is 646. The van der Waals surface area contributed by atoms with Crippen LogP contribution >= 0.6 is 0 Å². The highest BCUT2D eigenvalue weighted by Crippen LogP contribution is 2.19. The van der Waals surface area contributed by atoms with Crippen molar-refractivity contribution in [2.45, 2.75) is 32.2 Å². The van der Waals surface area contributed by atoms with Crippen molar-refractivity contribution in [2.24, 2.45) is 0 Å². The predicted octanol–water partition coefficient (Wildman–Crippen LogP) is 3.32. The molecule has 120 valence electrons. The van der Waals surface area contributed by atoms with E-state index in [9.17, 15) is 4.79 Å². The van der Waals surface area contributed by atoms with Crippen molar-refractivity contribution in [2.75, 3.05) is 18.0 Å². The van der Waals surface area contributed by atoms with E-state index in [1.54, 1.807) is 0 Å². The average Bonchev–Trinajstić information content (AvgIpc) is 2.56. The Morgan fingerprint density at radius 2 is 1.83 bits per heavy atom. The number of carbonyl (C=O) groups is 1. The number of nitrogens with zero attached hydrogens (tertiary/aromatic N) is 1. The number of hydrogen-bond acceptors (Lipinski definition) is 2. The summed E-state index contributed by atoms with van der Waals surface area (Å²) < 4.78 is 0. The summed E-state index contributed by atoms with van der Waals surface area (Å²) >= 11 is 0. The minimum Gasteiger partial charge on any atom is -0.371 e. The fraction of sp³-hybridized carbons (Fsp3) is 0.350. The first-order chi connectivity index (χ1) is 11.2. The third-order valence-electron chi connectivity index (χ3n) is 4.43. The van der Waals surface area contributed by atoms with Gasteiger partial charge in [0.1, 0.15) is 0 Å². The summed E-state index contributed by atoms with van der Waals surface area (Å²) in [6.45, 7) is 4.06. The molecule has 3 heteroatoms. The molecule has 1 fully saturated rings. The van der Waals surface area contributed by atoms with Crippen LogP contribution in [0.15, 0.2) is 54.6 Å². The van der Waals surface area contributed by atoms with Crippen molar-refractivity contribution in [1.29, 1.82) is 0 Å². The van der Waals surface area contributed by atoms with Crippen LogP contribution in [-0.2, 0) is 11.2 Å². The van der Waals surface area contributed by atoms with Crippen molar-refractivity contribution in [1.82, 2.24) is 5.32 Å². The molecule has 0 spiro atoms. The minimum absolute atomic E-state index is 0.133. The van der Waals surface area contributed by atoms with Gasteiger partial charge in [0.05, 0.1) is 6.42 Å². The van der Waals surface area contributed by atoms with Crippen molar-refractivity contribution >= 4 is 11.6 Å². The molecule has 23 heavy (non-hydrogen) atoms. The molecule has 0 bridgehead atoms. The van der Waals surface area contributed by atoms with Gasteiger partial charge >= 0.3 is 0 Å². The first-order valence-electron chi connectivity index (χ1n) is 8.35. The van der Waals surface area contributed by atoms with Crippen molar-refractivity contribution in [3.05, 3.63) is 65.7 Å². The Morgan fingerprint density at radius 1 is 1.09 bits per heavy atom. The molecule has 1 N–H and O–H groups in total. The van der Waals surface area contributed by atoms with Crippen molar-refractivity contribution in [3.63, 3.8) is 0 Å². The summed E-state index contributed by atoms with van der Waals surface area (Å²) in [5, 5.41) is 3.19. The number of aryl methyl sites for hydroxylation is 1. The number of anilines is 1. The van der Waals surface area contributed by atoms with Gasteiger partial charge in [-0.25, -0.2) is 0 Å². The molecule has 1 aliphatic heterocycles. The second-order valence-corrected chi connectivity index (χ2v) is 6.33. The van der Waals surface area contributed by atoms with Crippen LogP contribution in [-0.4, -0.2) is 25.0 Å². The molecule has 2 aromatic rings. The molecule has 1 aliphatic rings. The lowest BCUT2D eigenvalue weighted by atomic mass is 10.0. The van der Waals surface area contributed by atoms with E-state index >= 15 is 0 Å². The average molecular weight is 308 g/mol. The molecular formula is C20H24N2O. The Morgan fingerprint density at radius 3 is 2.52 bits per heavy atom. The highest BCUT2D eigenvalue weighted by molar-refractivity contribution is 5.79. The molecule has 0 atom stereocenters. The smallest absolute Gasteiger partial charge is 0.224 e. The number of nitrogens with one attached hydrogen (secondary N) is 1. The van der Waals surface area contributed by atoms with Crippen LogP contribution in [0.25, 0.3) is 0 Å². The second kappa shape index (κ2) is 7.32. The van der Waals surface area contributed by atoms with Crippen LogP contribution in [0.1, 0.15) is 24.0 Å². The number of para-hydroxylation sites is 1. The van der Waals surface area contributed by atoms with E-state index in [1.807, 2.05) is 18.2 Å². The Balaban J connectivity index is 1.48. The molecule has 0 aromatic heterocycles. The minimum atomic E-state index is 0.133. The summed E-state index contributed by atoms with van der Waals surface area (Å²) in [6.07, 6.45) is 2.49. The third kappa shape index (κ3) is 4.35. The first-order valence-corrected chi connectivity index (χ1v) is 8.35. The Kier molecular flexibility index (Phi) is 4.96. The fourth-order valence-electron chi connectivity index (χ4n) is 3.21. The van der Waals surface area contributed by atoms with Crippen LogP contribution < -0.4 is 10.2 Å². The molecule has 1 heterocycles. The van der Waals surface area contributed by atoms with Gasteiger partial charge in [-0.15, -0.1) is 0 Å². The maximum absolute atomic E-state index is 12.2. The number of hydrogen-bond donors (Lipinski definition) is 1.